The molecule has 2 rings (SSSR count). The number of H-pyrrole nitrogens is 1. The summed E-state index contributed by atoms with van der Waals surface area (Å²) in [7, 11) is -4.35. The third-order valence-electron chi connectivity index (χ3n) is 2.73. The van der Waals surface area contributed by atoms with Crippen LogP contribution >= 0.6 is 11.6 Å². The summed E-state index contributed by atoms with van der Waals surface area (Å²) in [4.78, 5) is 12.7. The highest BCUT2D eigenvalue weighted by Gasteiger charge is 2.44. The van der Waals surface area contributed by atoms with Crippen molar-refractivity contribution in [3.8, 4) is 0 Å². The summed E-state index contributed by atoms with van der Waals surface area (Å²) in [5, 5.41) is -0.395. The second kappa shape index (κ2) is 5.05. The molecule has 112 valence electrons. The van der Waals surface area contributed by atoms with Gasteiger partial charge in [0.05, 0.1) is 4.90 Å². The molecule has 0 amide bonds. The molecule has 1 N–H and O–H groups in total. The molecule has 0 atom stereocenters. The highest BCUT2D eigenvalue weighted by atomic mass is 35.5. The van der Waals surface area contributed by atoms with Gasteiger partial charge in [0.1, 0.15) is 11.6 Å². The van der Waals surface area contributed by atoms with Gasteiger partial charge >= 0.3 is 6.18 Å². The zero-order valence-corrected chi connectivity index (χ0v) is 11.5. The van der Waals surface area contributed by atoms with E-state index in [9.17, 15) is 26.4 Å². The molecule has 1 aliphatic rings. The van der Waals surface area contributed by atoms with Crippen LogP contribution < -0.4 is 5.56 Å². The Labute approximate surface area is 117 Å². The van der Waals surface area contributed by atoms with Gasteiger partial charge < -0.3 is 4.98 Å². The number of aromatic nitrogens is 1. The molecule has 1 heterocycles. The van der Waals surface area contributed by atoms with Crippen molar-refractivity contribution in [2.45, 2.75) is 30.0 Å². The molecule has 0 bridgehead atoms. The van der Waals surface area contributed by atoms with Crippen LogP contribution in [0.3, 0.4) is 0 Å². The van der Waals surface area contributed by atoms with Crippen LogP contribution in [0.2, 0.25) is 5.02 Å². The van der Waals surface area contributed by atoms with Crippen LogP contribution in [0.4, 0.5) is 13.2 Å². The fraction of sp³-hybridized carbons (Fsp3) is 0.500. The number of nitrogens with zero attached hydrogens (tertiary/aromatic N) is 1. The van der Waals surface area contributed by atoms with Crippen molar-refractivity contribution in [3.63, 3.8) is 0 Å². The number of hydrogen-bond acceptors (Lipinski definition) is 3. The van der Waals surface area contributed by atoms with E-state index in [0.29, 0.717) is 17.1 Å². The maximum Gasteiger partial charge on any atom is 0.402 e. The highest BCUT2D eigenvalue weighted by molar-refractivity contribution is 7.89. The lowest BCUT2D eigenvalue weighted by Crippen LogP contribution is -2.40. The van der Waals surface area contributed by atoms with Crippen LogP contribution in [-0.2, 0) is 10.0 Å². The van der Waals surface area contributed by atoms with Gasteiger partial charge in [-0.15, -0.1) is 0 Å². The average molecular weight is 331 g/mol. The molecule has 1 saturated carbocycles. The van der Waals surface area contributed by atoms with Crippen LogP contribution in [0.5, 0.6) is 0 Å². The van der Waals surface area contributed by atoms with Crippen molar-refractivity contribution in [1.29, 1.82) is 0 Å². The number of halogens is 4. The van der Waals surface area contributed by atoms with Gasteiger partial charge in [0, 0.05) is 12.2 Å². The third-order valence-corrected chi connectivity index (χ3v) is 4.88. The minimum Gasteiger partial charge on any atom is -0.326 e. The molecule has 0 unspecified atom stereocenters. The van der Waals surface area contributed by atoms with Gasteiger partial charge in [0.2, 0.25) is 10.0 Å². The first kappa shape index (κ1) is 15.3. The van der Waals surface area contributed by atoms with Gasteiger partial charge in [-0.2, -0.15) is 17.5 Å². The van der Waals surface area contributed by atoms with Crippen LogP contribution in [0.25, 0.3) is 0 Å². The van der Waals surface area contributed by atoms with Crippen LogP contribution in [0.15, 0.2) is 22.0 Å². The zero-order valence-electron chi connectivity index (χ0n) is 9.95. The summed E-state index contributed by atoms with van der Waals surface area (Å²) in [6, 6.07) is 0.189. The first-order valence-corrected chi connectivity index (χ1v) is 7.40. The number of alkyl halides is 3. The van der Waals surface area contributed by atoms with E-state index in [4.69, 9.17) is 11.6 Å². The third kappa shape index (κ3) is 3.33. The van der Waals surface area contributed by atoms with Crippen LogP contribution in [0, 0.1) is 0 Å². The van der Waals surface area contributed by atoms with Gasteiger partial charge in [0.25, 0.3) is 5.56 Å². The molecule has 1 aromatic heterocycles. The summed E-state index contributed by atoms with van der Waals surface area (Å²) in [5.41, 5.74) is -0.709. The SMILES string of the molecule is O=c1[nH]cc(S(=O)(=O)N(CC(F)(F)F)C2CC2)cc1Cl. The molecule has 5 nitrogen and oxygen atoms in total. The Bertz CT molecular complexity index is 667. The first-order chi connectivity index (χ1) is 9.11. The summed E-state index contributed by atoms with van der Waals surface area (Å²) in [6.45, 7) is -1.56. The summed E-state index contributed by atoms with van der Waals surface area (Å²) < 4.78 is 62.3. The molecule has 0 spiro atoms. The fourth-order valence-electron chi connectivity index (χ4n) is 1.67. The molecule has 1 aliphatic carbocycles. The van der Waals surface area contributed by atoms with E-state index in [1.807, 2.05) is 0 Å². The predicted molar refractivity (Wildman–Crippen MR) is 65.0 cm³/mol. The minimum atomic E-state index is -4.64. The number of pyridine rings is 1. The molecule has 20 heavy (non-hydrogen) atoms. The van der Waals surface area contributed by atoms with Crippen molar-refractivity contribution in [1.82, 2.24) is 9.29 Å². The minimum absolute atomic E-state index is 0.381. The quantitative estimate of drug-likeness (QED) is 0.914. The molecular formula is C10H10ClF3N2O3S. The first-order valence-electron chi connectivity index (χ1n) is 5.58. The van der Waals surface area contributed by atoms with Gasteiger partial charge in [0.15, 0.2) is 0 Å². The van der Waals surface area contributed by atoms with Crippen molar-refractivity contribution in [2.75, 3.05) is 6.54 Å². The molecule has 1 fully saturated rings. The Kier molecular flexibility index (Phi) is 3.87. The van der Waals surface area contributed by atoms with Gasteiger partial charge in [-0.3, -0.25) is 4.79 Å². The standard InChI is InChI=1S/C10H10ClF3N2O3S/c11-8-3-7(4-15-9(8)17)20(18,19)16(6-1-2-6)5-10(12,13)14/h3-4,6H,1-2,5H2,(H,15,17). The summed E-state index contributed by atoms with van der Waals surface area (Å²) in [6.07, 6.45) is -3.03. The van der Waals surface area contributed by atoms with Crippen LogP contribution in [-0.4, -0.2) is 36.5 Å². The van der Waals surface area contributed by atoms with Gasteiger partial charge in [-0.25, -0.2) is 8.42 Å². The van der Waals surface area contributed by atoms with Gasteiger partial charge in [-0.05, 0) is 18.9 Å². The maximum absolute atomic E-state index is 12.5. The average Bonchev–Trinajstić information content (AvgIpc) is 3.12. The summed E-state index contributed by atoms with van der Waals surface area (Å²) in [5.74, 6) is 0. The molecular weight excluding hydrogens is 321 g/mol. The molecule has 1 aromatic rings. The molecule has 0 radical (unpaired) electrons. The Hall–Kier alpha value is -1.06. The maximum atomic E-state index is 12.5. The van der Waals surface area contributed by atoms with Gasteiger partial charge in [-0.1, -0.05) is 11.6 Å². The predicted octanol–water partition coefficient (Wildman–Crippen LogP) is 1.74. The van der Waals surface area contributed by atoms with E-state index in [2.05, 4.69) is 4.98 Å². The Morgan fingerprint density at radius 3 is 2.45 bits per heavy atom. The van der Waals surface area contributed by atoms with E-state index in [1.165, 1.54) is 0 Å². The van der Waals surface area contributed by atoms with E-state index in [1.54, 1.807) is 0 Å². The Morgan fingerprint density at radius 2 is 2.00 bits per heavy atom. The van der Waals surface area contributed by atoms with Crippen LogP contribution in [0.1, 0.15) is 12.8 Å². The lowest BCUT2D eigenvalue weighted by Gasteiger charge is -2.23. The molecule has 0 aliphatic heterocycles. The van der Waals surface area contributed by atoms with Crippen molar-refractivity contribution >= 4 is 21.6 Å². The lowest BCUT2D eigenvalue weighted by atomic mass is 10.5. The second-order valence-corrected chi connectivity index (χ2v) is 6.71. The topological polar surface area (TPSA) is 70.2 Å². The molecule has 0 aromatic carbocycles. The summed E-state index contributed by atoms with van der Waals surface area (Å²) >= 11 is 5.50. The van der Waals surface area contributed by atoms with E-state index in [-0.39, 0.29) is 0 Å². The number of sulfonamides is 1. The normalized spacial score (nSPS) is 16.6. The number of rotatable bonds is 4. The second-order valence-electron chi connectivity index (χ2n) is 4.41. The van der Waals surface area contributed by atoms with E-state index >= 15 is 0 Å². The molecule has 10 heteroatoms. The number of aromatic amines is 1. The lowest BCUT2D eigenvalue weighted by molar-refractivity contribution is -0.137. The number of nitrogens with one attached hydrogen (secondary N) is 1. The van der Waals surface area contributed by atoms with Crippen molar-refractivity contribution in [3.05, 3.63) is 27.6 Å². The van der Waals surface area contributed by atoms with Crippen molar-refractivity contribution < 1.29 is 21.6 Å². The Balaban J connectivity index is 2.40. The van der Waals surface area contributed by atoms with E-state index < -0.39 is 44.3 Å². The monoisotopic (exact) mass is 330 g/mol. The fourth-order valence-corrected chi connectivity index (χ4v) is 3.57. The highest BCUT2D eigenvalue weighted by Crippen LogP contribution is 2.34. The molecule has 0 saturated heterocycles. The smallest absolute Gasteiger partial charge is 0.326 e. The largest absolute Gasteiger partial charge is 0.402 e. The van der Waals surface area contributed by atoms with Crippen molar-refractivity contribution in [2.24, 2.45) is 0 Å². The zero-order chi connectivity index (χ0) is 15.1. The Morgan fingerprint density at radius 1 is 1.40 bits per heavy atom. The number of hydrogen-bond donors (Lipinski definition) is 1. The van der Waals surface area contributed by atoms with E-state index in [0.717, 1.165) is 12.3 Å².